The predicted octanol–water partition coefficient (Wildman–Crippen LogP) is 2.26. The van der Waals surface area contributed by atoms with E-state index in [0.29, 0.717) is 0 Å². The standard InChI is InChI=1S/2Fe.3Mo.6H2S.6S/h;;;;;6*1H2;;;;;;/q2*+3;;;;;;;;;;;;;;;/p-6. The van der Waals surface area contributed by atoms with Gasteiger partial charge in [0.2, 0.25) is 0 Å². The summed E-state index contributed by atoms with van der Waals surface area (Å²) >= 11 is -1.09. The molecular formula is H6Fe2Mo3S12. The summed E-state index contributed by atoms with van der Waals surface area (Å²) < 4.78 is 0. The molecule has 0 unspecified atom stereocenters. The van der Waals surface area contributed by atoms with Gasteiger partial charge < -0.3 is 81.0 Å². The zero-order valence-electron chi connectivity index (χ0n) is 7.06. The van der Waals surface area contributed by atoms with E-state index < -0.39 is 0 Å². The molecule has 0 N–H and O–H groups in total. The Balaban J connectivity index is -0.00000000286. The number of thiol groups is 6. The summed E-state index contributed by atoms with van der Waals surface area (Å²) in [6, 6.07) is 0. The summed E-state index contributed by atoms with van der Waals surface area (Å²) in [5.74, 6) is 0. The Kier molecular flexibility index (Phi) is 515. The topological polar surface area (TPSA) is 0 Å². The fourth-order valence-electron chi connectivity index (χ4n) is 0. The summed E-state index contributed by atoms with van der Waals surface area (Å²) in [6.45, 7) is 0. The Labute approximate surface area is 214 Å². The average Bonchev–Trinajstić information content (AvgIpc) is 1.70. The molecule has 0 aromatic rings. The van der Waals surface area contributed by atoms with Crippen molar-refractivity contribution in [2.24, 2.45) is 0 Å². The van der Waals surface area contributed by atoms with Crippen LogP contribution in [0.25, 0.3) is 0 Å². The third-order valence-electron chi connectivity index (χ3n) is 0. The molecule has 112 valence electrons. The van der Waals surface area contributed by atoms with Gasteiger partial charge in [-0.2, -0.15) is 0 Å². The van der Waals surface area contributed by atoms with Gasteiger partial charge in [0.1, 0.15) is 0 Å². The first-order valence-electron chi connectivity index (χ1n) is 1.00. The minimum absolute atomic E-state index is 0. The Bertz CT molecular complexity index is 111. The van der Waals surface area contributed by atoms with Gasteiger partial charge in [0.05, 0.1) is 0 Å². The molecule has 0 rings (SSSR count). The molecule has 0 aliphatic carbocycles. The molecule has 0 saturated carbocycles. The Morgan fingerprint density at radius 1 is 0.353 bits per heavy atom. The quantitative estimate of drug-likeness (QED) is 0.201. The third kappa shape index (κ3) is 223. The maximum atomic E-state index is 4.34. The van der Waals surface area contributed by atoms with Crippen molar-refractivity contribution in [3.63, 3.8) is 0 Å². The molecular weight excluding hydrogens is 784 g/mol. The van der Waals surface area contributed by atoms with E-state index >= 15 is 0 Å². The molecule has 0 fully saturated rings. The number of hydrogen-bond acceptors (Lipinski definition) is 12. The molecule has 0 amide bonds. The van der Waals surface area contributed by atoms with Gasteiger partial charge in [-0.15, -0.1) is 0 Å². The molecule has 2 radical (unpaired) electrons. The fourth-order valence-corrected chi connectivity index (χ4v) is 0. The van der Waals surface area contributed by atoms with Crippen molar-refractivity contribution in [2.75, 3.05) is 0 Å². The molecule has 0 aliphatic rings. The van der Waals surface area contributed by atoms with Crippen LogP contribution in [-0.4, -0.2) is 0 Å². The first kappa shape index (κ1) is 76.1. The van der Waals surface area contributed by atoms with Gasteiger partial charge in [0, 0.05) is 0 Å². The third-order valence-corrected chi connectivity index (χ3v) is 0. The summed E-state index contributed by atoms with van der Waals surface area (Å²) in [5, 5.41) is 0. The monoisotopic (exact) mass is 795 g/mol. The molecule has 0 bridgehead atoms. The zero-order chi connectivity index (χ0) is 8.12. The Morgan fingerprint density at radius 3 is 0.353 bits per heavy atom. The van der Waals surface area contributed by atoms with Crippen LogP contribution in [0.4, 0.5) is 0 Å². The first-order valence-corrected chi connectivity index (χ1v) is 17.7. The van der Waals surface area contributed by atoms with Crippen molar-refractivity contribution in [3.8, 4) is 0 Å². The van der Waals surface area contributed by atoms with Crippen LogP contribution in [-0.2, 0) is 160 Å². The van der Waals surface area contributed by atoms with Crippen molar-refractivity contribution >= 4 is 140 Å². The van der Waals surface area contributed by atoms with E-state index in [1.54, 1.807) is 0 Å². The summed E-state index contributed by atoms with van der Waals surface area (Å²) in [5.41, 5.74) is 0. The SMILES string of the molecule is [Fe+3].[Fe+3].[SH-].[SH-].[SH-].[SH-].[SH-].[SH-].[S]=[Mo]=[S].[S]=[Mo]=[S].[S]=[Mo]=[S]. The van der Waals surface area contributed by atoms with Crippen LogP contribution in [0.2, 0.25) is 0 Å². The molecule has 0 saturated heterocycles. The average molecular weight is 790 g/mol. The van der Waals surface area contributed by atoms with Gasteiger partial charge >= 0.3 is 138 Å². The molecule has 0 atom stereocenters. The van der Waals surface area contributed by atoms with Gasteiger partial charge in [-0.25, -0.2) is 0 Å². The molecule has 0 aliphatic heterocycles. The molecule has 0 heterocycles. The van der Waals surface area contributed by atoms with Crippen LogP contribution < -0.4 is 0 Å². The van der Waals surface area contributed by atoms with Gasteiger partial charge in [0.15, 0.2) is 0 Å². The van der Waals surface area contributed by atoms with Crippen molar-refractivity contribution in [1.82, 2.24) is 0 Å². The summed E-state index contributed by atoms with van der Waals surface area (Å²) in [6.07, 6.45) is 0. The van der Waals surface area contributed by atoms with Crippen molar-refractivity contribution in [3.05, 3.63) is 0 Å². The fraction of sp³-hybridized carbons (Fsp3) is 0. The number of rotatable bonds is 0. The van der Waals surface area contributed by atoms with Crippen LogP contribution in [0.3, 0.4) is 0 Å². The van der Waals surface area contributed by atoms with E-state index in [2.05, 4.69) is 58.9 Å². The van der Waals surface area contributed by atoms with Crippen LogP contribution in [0.5, 0.6) is 0 Å². The van der Waals surface area contributed by atoms with Crippen molar-refractivity contribution in [2.45, 2.75) is 0 Å². The zero-order valence-corrected chi connectivity index (χ0v) is 25.6. The van der Waals surface area contributed by atoms with E-state index in [1.807, 2.05) is 0 Å². The first-order chi connectivity index (χ1) is 4.24. The molecule has 0 nitrogen and oxygen atoms in total. The van der Waals surface area contributed by atoms with Crippen molar-refractivity contribution < 1.29 is 78.9 Å². The molecule has 0 spiro atoms. The van der Waals surface area contributed by atoms with Gasteiger partial charge in [-0.3, -0.25) is 0 Å². The molecule has 17 heteroatoms. The predicted molar refractivity (Wildman–Crippen MR) is 98.1 cm³/mol. The maximum absolute atomic E-state index is 4.34. The van der Waals surface area contributed by atoms with E-state index in [4.69, 9.17) is 0 Å². The normalized spacial score (nSPS) is 2.12. The van der Waals surface area contributed by atoms with Crippen LogP contribution in [0.1, 0.15) is 0 Å². The molecule has 17 heavy (non-hydrogen) atoms. The van der Waals surface area contributed by atoms with Crippen LogP contribution >= 0.6 is 58.9 Å². The molecule has 0 aromatic carbocycles. The molecule has 0 aromatic heterocycles. The van der Waals surface area contributed by atoms with Crippen molar-refractivity contribution in [1.29, 1.82) is 0 Å². The van der Waals surface area contributed by atoms with E-state index in [1.165, 1.54) is 0 Å². The number of hydrogen-bond donors (Lipinski definition) is 0. The van der Waals surface area contributed by atoms with Crippen LogP contribution in [0, 0.1) is 0 Å². The summed E-state index contributed by atoms with van der Waals surface area (Å²) in [7, 11) is 26.0. The Hall–Kier alpha value is 6.52. The van der Waals surface area contributed by atoms with E-state index in [0.717, 1.165) is 0 Å². The van der Waals surface area contributed by atoms with Gasteiger partial charge in [-0.05, 0) is 0 Å². The Morgan fingerprint density at radius 2 is 0.353 bits per heavy atom. The van der Waals surface area contributed by atoms with Crippen LogP contribution in [0.15, 0.2) is 0 Å². The van der Waals surface area contributed by atoms with Gasteiger partial charge in [0.25, 0.3) is 0 Å². The second-order valence-corrected chi connectivity index (χ2v) is 10.9. The van der Waals surface area contributed by atoms with Gasteiger partial charge in [-0.1, -0.05) is 0 Å². The minimum atomic E-state index is -0.363. The second-order valence-electron chi connectivity index (χ2n) is 0.204. The van der Waals surface area contributed by atoms with E-state index in [9.17, 15) is 0 Å². The summed E-state index contributed by atoms with van der Waals surface area (Å²) in [4.78, 5) is 0. The van der Waals surface area contributed by atoms with E-state index in [-0.39, 0.29) is 160 Å². The second kappa shape index (κ2) is 115.